The van der Waals surface area contributed by atoms with Gasteiger partial charge in [-0.05, 0) is 84.7 Å². The van der Waals surface area contributed by atoms with Crippen LogP contribution < -0.4 is 20.1 Å². The average Bonchev–Trinajstić information content (AvgIpc) is 3.31. The van der Waals surface area contributed by atoms with E-state index < -0.39 is 0 Å². The Hall–Kier alpha value is -3.91. The highest BCUT2D eigenvalue weighted by Crippen LogP contribution is 2.31. The number of hydrogen-bond donors (Lipinski definition) is 2. The van der Waals surface area contributed by atoms with E-state index in [4.69, 9.17) is 26.1 Å². The van der Waals surface area contributed by atoms with E-state index in [0.717, 1.165) is 28.8 Å². The molecule has 35 heavy (non-hydrogen) atoms. The lowest BCUT2D eigenvalue weighted by Gasteiger charge is -2.18. The molecular formula is C27H25N3O4S. The van der Waals surface area contributed by atoms with Gasteiger partial charge in [-0.15, -0.1) is 0 Å². The molecule has 178 valence electrons. The molecular weight excluding hydrogens is 462 g/mol. The van der Waals surface area contributed by atoms with Crippen molar-refractivity contribution >= 4 is 40.0 Å². The monoisotopic (exact) mass is 487 g/mol. The zero-order chi connectivity index (χ0) is 24.4. The number of anilines is 1. The maximum atomic E-state index is 12.6. The summed E-state index contributed by atoms with van der Waals surface area (Å²) in [5.41, 5.74) is 4.88. The summed E-state index contributed by atoms with van der Waals surface area (Å²) in [6, 6.07) is 18.7. The lowest BCUT2D eigenvalue weighted by molar-refractivity contribution is 0.0976. The summed E-state index contributed by atoms with van der Waals surface area (Å²) in [5, 5.41) is 5.91. The minimum Gasteiger partial charge on any atom is -0.486 e. The Morgan fingerprint density at radius 3 is 2.57 bits per heavy atom. The van der Waals surface area contributed by atoms with Crippen LogP contribution >= 0.6 is 12.2 Å². The molecule has 4 aromatic rings. The summed E-state index contributed by atoms with van der Waals surface area (Å²) < 4.78 is 17.0. The van der Waals surface area contributed by atoms with Crippen molar-refractivity contribution in [1.29, 1.82) is 0 Å². The molecule has 1 aromatic heterocycles. The zero-order valence-corrected chi connectivity index (χ0v) is 20.3. The van der Waals surface area contributed by atoms with Crippen molar-refractivity contribution in [2.24, 2.45) is 0 Å². The molecule has 0 saturated carbocycles. The minimum absolute atomic E-state index is 0.192. The van der Waals surface area contributed by atoms with Gasteiger partial charge in [0.15, 0.2) is 22.2 Å². The number of hydrogen-bond acceptors (Lipinski definition) is 6. The third-order valence-electron chi connectivity index (χ3n) is 6.01. The lowest BCUT2D eigenvalue weighted by Crippen LogP contribution is -2.34. The van der Waals surface area contributed by atoms with E-state index in [2.05, 4.69) is 41.6 Å². The number of rotatable bonds is 5. The number of fused-ring (bicyclic) bond motifs is 2. The summed E-state index contributed by atoms with van der Waals surface area (Å²) >= 11 is 5.32. The van der Waals surface area contributed by atoms with Crippen LogP contribution in [0.4, 0.5) is 5.69 Å². The van der Waals surface area contributed by atoms with E-state index >= 15 is 0 Å². The Labute approximate surface area is 208 Å². The fourth-order valence-electron chi connectivity index (χ4n) is 3.83. The third kappa shape index (κ3) is 4.97. The SMILES string of the molecule is CC[C@@H](C)c1ccc2oc(-c3ccc(NC(=S)NC(=O)c4ccc5c(c4)OCCO5)cc3)nc2c1. The third-order valence-corrected chi connectivity index (χ3v) is 6.22. The van der Waals surface area contributed by atoms with Gasteiger partial charge in [0, 0.05) is 16.8 Å². The Kier molecular flexibility index (Phi) is 6.37. The maximum Gasteiger partial charge on any atom is 0.257 e. The molecule has 0 fully saturated rings. The predicted molar refractivity (Wildman–Crippen MR) is 139 cm³/mol. The topological polar surface area (TPSA) is 85.6 Å². The molecule has 1 atom stereocenters. The number of ether oxygens (including phenoxy) is 2. The van der Waals surface area contributed by atoms with E-state index in [1.165, 1.54) is 5.56 Å². The van der Waals surface area contributed by atoms with Crippen LogP contribution in [-0.2, 0) is 0 Å². The summed E-state index contributed by atoms with van der Waals surface area (Å²) in [7, 11) is 0. The molecule has 5 rings (SSSR count). The van der Waals surface area contributed by atoms with Crippen molar-refractivity contribution in [3.8, 4) is 23.0 Å². The summed E-state index contributed by atoms with van der Waals surface area (Å²) in [6.07, 6.45) is 1.07. The van der Waals surface area contributed by atoms with Crippen LogP contribution in [0.1, 0.15) is 42.1 Å². The van der Waals surface area contributed by atoms with Gasteiger partial charge < -0.3 is 19.2 Å². The van der Waals surface area contributed by atoms with Gasteiger partial charge in [-0.3, -0.25) is 10.1 Å². The highest BCUT2D eigenvalue weighted by atomic mass is 32.1. The summed E-state index contributed by atoms with van der Waals surface area (Å²) in [4.78, 5) is 17.3. The number of carbonyl (C=O) groups is 1. The number of oxazole rings is 1. The molecule has 1 amide bonds. The van der Waals surface area contributed by atoms with Gasteiger partial charge in [-0.1, -0.05) is 19.9 Å². The smallest absolute Gasteiger partial charge is 0.257 e. The highest BCUT2D eigenvalue weighted by Gasteiger charge is 2.16. The maximum absolute atomic E-state index is 12.6. The first-order valence-corrected chi connectivity index (χ1v) is 11.9. The molecule has 0 radical (unpaired) electrons. The van der Waals surface area contributed by atoms with Crippen LogP contribution in [0.15, 0.2) is 65.1 Å². The number of benzene rings is 3. The number of carbonyl (C=O) groups excluding carboxylic acids is 1. The van der Waals surface area contributed by atoms with E-state index in [9.17, 15) is 4.79 Å². The molecule has 2 N–H and O–H groups in total. The Morgan fingerprint density at radius 1 is 1.03 bits per heavy atom. The van der Waals surface area contributed by atoms with Crippen molar-refractivity contribution in [3.63, 3.8) is 0 Å². The normalized spacial score (nSPS) is 13.3. The van der Waals surface area contributed by atoms with Crippen molar-refractivity contribution < 1.29 is 18.7 Å². The first-order valence-electron chi connectivity index (χ1n) is 11.5. The van der Waals surface area contributed by atoms with Gasteiger partial charge in [0.25, 0.3) is 5.91 Å². The standard InChI is InChI=1S/C27H25N3O4S/c1-3-16(2)18-6-10-22-21(14-18)29-26(34-22)17-4-8-20(9-5-17)28-27(35)30-25(31)19-7-11-23-24(15-19)33-13-12-32-23/h4-11,14-16H,3,12-13H2,1-2H3,(H2,28,30,31,35)/t16-/m1/s1. The molecule has 1 aliphatic heterocycles. The fourth-order valence-corrected chi connectivity index (χ4v) is 4.04. The number of amides is 1. The van der Waals surface area contributed by atoms with Crippen LogP contribution in [-0.4, -0.2) is 29.2 Å². The van der Waals surface area contributed by atoms with Crippen LogP contribution in [0.2, 0.25) is 0 Å². The van der Waals surface area contributed by atoms with E-state index in [0.29, 0.717) is 42.1 Å². The van der Waals surface area contributed by atoms with Crippen molar-refractivity contribution in [2.45, 2.75) is 26.2 Å². The Balaban J connectivity index is 1.23. The van der Waals surface area contributed by atoms with Crippen LogP contribution in [0.5, 0.6) is 11.5 Å². The van der Waals surface area contributed by atoms with Crippen molar-refractivity contribution in [1.82, 2.24) is 10.3 Å². The van der Waals surface area contributed by atoms with E-state index in [1.807, 2.05) is 30.3 Å². The molecule has 0 spiro atoms. The quantitative estimate of drug-likeness (QED) is 0.339. The van der Waals surface area contributed by atoms with Gasteiger partial charge in [-0.2, -0.15) is 0 Å². The van der Waals surface area contributed by atoms with Crippen molar-refractivity contribution in [3.05, 3.63) is 71.8 Å². The summed E-state index contributed by atoms with van der Waals surface area (Å²) in [5.74, 6) is 1.88. The van der Waals surface area contributed by atoms with E-state index in [-0.39, 0.29) is 11.0 Å². The van der Waals surface area contributed by atoms with Crippen LogP contribution in [0.25, 0.3) is 22.6 Å². The molecule has 0 aliphatic carbocycles. The predicted octanol–water partition coefficient (Wildman–Crippen LogP) is 5.91. The zero-order valence-electron chi connectivity index (χ0n) is 19.5. The summed E-state index contributed by atoms with van der Waals surface area (Å²) in [6.45, 7) is 5.33. The Bertz CT molecular complexity index is 1400. The number of nitrogens with one attached hydrogen (secondary N) is 2. The molecule has 7 nitrogen and oxygen atoms in total. The molecule has 1 aliphatic rings. The van der Waals surface area contributed by atoms with Crippen LogP contribution in [0, 0.1) is 0 Å². The minimum atomic E-state index is -0.334. The molecule has 0 saturated heterocycles. The molecule has 8 heteroatoms. The van der Waals surface area contributed by atoms with Gasteiger partial charge in [0.05, 0.1) is 0 Å². The highest BCUT2D eigenvalue weighted by molar-refractivity contribution is 7.80. The number of aromatic nitrogens is 1. The number of thiocarbonyl (C=S) groups is 1. The van der Waals surface area contributed by atoms with Crippen LogP contribution in [0.3, 0.4) is 0 Å². The lowest BCUT2D eigenvalue weighted by atomic mass is 9.98. The second-order valence-corrected chi connectivity index (χ2v) is 8.81. The first-order chi connectivity index (χ1) is 17.0. The first kappa shape index (κ1) is 22.9. The molecule has 2 heterocycles. The second kappa shape index (κ2) is 9.76. The number of nitrogens with zero attached hydrogens (tertiary/aromatic N) is 1. The fraction of sp³-hybridized carbons (Fsp3) is 0.222. The van der Waals surface area contributed by atoms with Gasteiger partial charge in [0.2, 0.25) is 5.89 Å². The Morgan fingerprint density at radius 2 is 1.80 bits per heavy atom. The van der Waals surface area contributed by atoms with Gasteiger partial charge in [-0.25, -0.2) is 4.98 Å². The largest absolute Gasteiger partial charge is 0.486 e. The molecule has 0 unspecified atom stereocenters. The molecule has 3 aromatic carbocycles. The van der Waals surface area contributed by atoms with E-state index in [1.54, 1.807) is 18.2 Å². The molecule has 0 bridgehead atoms. The van der Waals surface area contributed by atoms with Crippen molar-refractivity contribution in [2.75, 3.05) is 18.5 Å². The van der Waals surface area contributed by atoms with Gasteiger partial charge in [0.1, 0.15) is 18.7 Å². The average molecular weight is 488 g/mol. The van der Waals surface area contributed by atoms with Gasteiger partial charge >= 0.3 is 0 Å². The second-order valence-electron chi connectivity index (χ2n) is 8.40.